The molecule has 19 heavy (non-hydrogen) atoms. The molecule has 4 nitrogen and oxygen atoms in total. The van der Waals surface area contributed by atoms with E-state index in [-0.39, 0.29) is 12.0 Å². The highest BCUT2D eigenvalue weighted by Gasteiger charge is 2.24. The number of carbonyl (C=O) groups is 1. The molecular weight excluding hydrogens is 242 g/mol. The van der Waals surface area contributed by atoms with Crippen LogP contribution in [-0.4, -0.2) is 13.1 Å². The van der Waals surface area contributed by atoms with E-state index in [1.807, 2.05) is 12.1 Å². The van der Waals surface area contributed by atoms with Crippen LogP contribution in [0.1, 0.15) is 44.2 Å². The number of benzene rings is 1. The molecule has 1 atom stereocenters. The number of nitrogens with two attached hydrogens (primary N) is 1. The second-order valence-electron chi connectivity index (χ2n) is 5.07. The molecule has 0 amide bonds. The molecule has 2 N–H and O–H groups in total. The number of ether oxygens (including phenoxy) is 2. The summed E-state index contributed by atoms with van der Waals surface area (Å²) in [6.45, 7) is 1.37. The Balaban J connectivity index is 2.20. The maximum absolute atomic E-state index is 11.0. The third kappa shape index (κ3) is 3.26. The molecular formula is C15H21NO3. The fourth-order valence-corrected chi connectivity index (χ4v) is 2.72. The van der Waals surface area contributed by atoms with E-state index in [4.69, 9.17) is 15.2 Å². The summed E-state index contributed by atoms with van der Waals surface area (Å²) in [5.41, 5.74) is 7.35. The molecule has 0 bridgehead atoms. The minimum atomic E-state index is -0.355. The zero-order valence-electron chi connectivity index (χ0n) is 11.5. The predicted octanol–water partition coefficient (Wildman–Crippen LogP) is 2.81. The quantitative estimate of drug-likeness (QED) is 0.670. The molecule has 1 aromatic rings. The molecule has 1 aliphatic carbocycles. The molecule has 0 saturated heterocycles. The summed E-state index contributed by atoms with van der Waals surface area (Å²) in [7, 11) is 1.56. The molecule has 0 heterocycles. The molecule has 2 rings (SSSR count). The van der Waals surface area contributed by atoms with Crippen LogP contribution >= 0.6 is 0 Å². The lowest BCUT2D eigenvalue weighted by atomic mass is 9.92. The lowest BCUT2D eigenvalue weighted by Crippen LogP contribution is -2.19. The van der Waals surface area contributed by atoms with Gasteiger partial charge < -0.3 is 15.2 Å². The van der Waals surface area contributed by atoms with Crippen LogP contribution in [0.25, 0.3) is 0 Å². The highest BCUT2D eigenvalue weighted by atomic mass is 16.6. The van der Waals surface area contributed by atoms with E-state index < -0.39 is 0 Å². The predicted molar refractivity (Wildman–Crippen MR) is 73.2 cm³/mol. The van der Waals surface area contributed by atoms with Gasteiger partial charge in [0, 0.05) is 13.0 Å². The number of esters is 1. The summed E-state index contributed by atoms with van der Waals surface area (Å²) >= 11 is 0. The summed E-state index contributed by atoms with van der Waals surface area (Å²) < 4.78 is 10.4. The smallest absolute Gasteiger partial charge is 0.308 e. The normalized spacial score (nSPS) is 17.2. The van der Waals surface area contributed by atoms with Crippen LogP contribution in [0.2, 0.25) is 0 Å². The summed E-state index contributed by atoms with van der Waals surface area (Å²) in [4.78, 5) is 11.0. The Morgan fingerprint density at radius 2 is 2.00 bits per heavy atom. The maximum Gasteiger partial charge on any atom is 0.308 e. The Bertz CT molecular complexity index is 453. The molecule has 0 aliphatic heterocycles. The molecule has 1 aromatic carbocycles. The third-order valence-electron chi connectivity index (χ3n) is 3.73. The van der Waals surface area contributed by atoms with Crippen LogP contribution in [0, 0.1) is 5.92 Å². The number of hydrogen-bond donors (Lipinski definition) is 1. The molecule has 104 valence electrons. The van der Waals surface area contributed by atoms with Gasteiger partial charge >= 0.3 is 5.97 Å². The highest BCUT2D eigenvalue weighted by molar-refractivity contribution is 5.70. The fraction of sp³-hybridized carbons (Fsp3) is 0.533. The van der Waals surface area contributed by atoms with E-state index in [2.05, 4.69) is 0 Å². The van der Waals surface area contributed by atoms with Gasteiger partial charge in [0.2, 0.25) is 0 Å². The topological polar surface area (TPSA) is 61.6 Å². The van der Waals surface area contributed by atoms with Gasteiger partial charge in [-0.05, 0) is 36.5 Å². The molecule has 0 radical (unpaired) electrons. The van der Waals surface area contributed by atoms with Crippen molar-refractivity contribution < 1.29 is 14.3 Å². The monoisotopic (exact) mass is 263 g/mol. The zero-order chi connectivity index (χ0) is 13.8. The average molecular weight is 263 g/mol. The van der Waals surface area contributed by atoms with Crippen molar-refractivity contribution in [3.8, 4) is 11.5 Å². The van der Waals surface area contributed by atoms with Gasteiger partial charge in [-0.2, -0.15) is 0 Å². The first kappa shape index (κ1) is 13.9. The van der Waals surface area contributed by atoms with E-state index in [1.54, 1.807) is 13.2 Å². The minimum absolute atomic E-state index is 0.0304. The van der Waals surface area contributed by atoms with Gasteiger partial charge in [0.1, 0.15) is 0 Å². The largest absolute Gasteiger partial charge is 0.493 e. The maximum atomic E-state index is 11.0. The van der Waals surface area contributed by atoms with Crippen molar-refractivity contribution in [2.45, 2.75) is 38.6 Å². The van der Waals surface area contributed by atoms with Gasteiger partial charge in [0.05, 0.1) is 7.11 Å². The summed E-state index contributed by atoms with van der Waals surface area (Å²) in [6.07, 6.45) is 4.91. The molecule has 4 heteroatoms. The van der Waals surface area contributed by atoms with Crippen molar-refractivity contribution in [2.24, 2.45) is 11.7 Å². The van der Waals surface area contributed by atoms with Crippen LogP contribution in [-0.2, 0) is 4.79 Å². The number of methoxy groups -OCH3 is 1. The van der Waals surface area contributed by atoms with Crippen LogP contribution in [0.5, 0.6) is 11.5 Å². The summed E-state index contributed by atoms with van der Waals surface area (Å²) in [6, 6.07) is 5.58. The molecule has 1 aliphatic rings. The van der Waals surface area contributed by atoms with Crippen molar-refractivity contribution in [1.82, 2.24) is 0 Å². The number of hydrogen-bond acceptors (Lipinski definition) is 4. The van der Waals surface area contributed by atoms with Crippen LogP contribution < -0.4 is 15.2 Å². The molecule has 0 unspecified atom stereocenters. The van der Waals surface area contributed by atoms with Gasteiger partial charge in [0.25, 0.3) is 0 Å². The molecule has 1 fully saturated rings. The van der Waals surface area contributed by atoms with Crippen LogP contribution in [0.4, 0.5) is 0 Å². The number of carbonyl (C=O) groups excluding carboxylic acids is 1. The SMILES string of the molecule is COc1cc([C@@H](N)C2CCCC2)ccc1OC(C)=O. The van der Waals surface area contributed by atoms with E-state index in [0.717, 1.165) is 5.56 Å². The number of rotatable bonds is 4. The minimum Gasteiger partial charge on any atom is -0.493 e. The first-order valence-electron chi connectivity index (χ1n) is 6.73. The molecule has 0 aromatic heterocycles. The molecule has 1 saturated carbocycles. The van der Waals surface area contributed by atoms with E-state index in [0.29, 0.717) is 17.4 Å². The average Bonchev–Trinajstić information content (AvgIpc) is 2.91. The van der Waals surface area contributed by atoms with Gasteiger partial charge in [0.15, 0.2) is 11.5 Å². The Kier molecular flexibility index (Phi) is 4.43. The lowest BCUT2D eigenvalue weighted by Gasteiger charge is -2.20. The van der Waals surface area contributed by atoms with E-state index >= 15 is 0 Å². The van der Waals surface area contributed by atoms with Crippen LogP contribution in [0.3, 0.4) is 0 Å². The fourth-order valence-electron chi connectivity index (χ4n) is 2.72. The first-order chi connectivity index (χ1) is 9.11. The Morgan fingerprint density at radius 1 is 1.32 bits per heavy atom. The first-order valence-corrected chi connectivity index (χ1v) is 6.73. The van der Waals surface area contributed by atoms with Crippen molar-refractivity contribution >= 4 is 5.97 Å². The van der Waals surface area contributed by atoms with Crippen molar-refractivity contribution in [3.05, 3.63) is 23.8 Å². The second-order valence-corrected chi connectivity index (χ2v) is 5.07. The van der Waals surface area contributed by atoms with Crippen molar-refractivity contribution in [3.63, 3.8) is 0 Å². The van der Waals surface area contributed by atoms with E-state index in [1.165, 1.54) is 32.6 Å². The molecule has 0 spiro atoms. The summed E-state index contributed by atoms with van der Waals surface area (Å²) in [5.74, 6) is 1.19. The van der Waals surface area contributed by atoms with Crippen LogP contribution in [0.15, 0.2) is 18.2 Å². The third-order valence-corrected chi connectivity index (χ3v) is 3.73. The highest BCUT2D eigenvalue weighted by Crippen LogP contribution is 2.37. The standard InChI is InChI=1S/C15H21NO3/c1-10(17)19-13-8-7-12(9-14(13)18-2)15(16)11-5-3-4-6-11/h7-9,11,15H,3-6,16H2,1-2H3/t15-/m0/s1. The Labute approximate surface area is 113 Å². The second kappa shape index (κ2) is 6.06. The Hall–Kier alpha value is -1.55. The van der Waals surface area contributed by atoms with Gasteiger partial charge in [-0.15, -0.1) is 0 Å². The summed E-state index contributed by atoms with van der Waals surface area (Å²) in [5, 5.41) is 0. The lowest BCUT2D eigenvalue weighted by molar-refractivity contribution is -0.132. The van der Waals surface area contributed by atoms with Crippen molar-refractivity contribution in [1.29, 1.82) is 0 Å². The Morgan fingerprint density at radius 3 is 2.58 bits per heavy atom. The van der Waals surface area contributed by atoms with Gasteiger partial charge in [-0.1, -0.05) is 18.9 Å². The van der Waals surface area contributed by atoms with Gasteiger partial charge in [-0.3, -0.25) is 4.79 Å². The van der Waals surface area contributed by atoms with Crippen molar-refractivity contribution in [2.75, 3.05) is 7.11 Å². The van der Waals surface area contributed by atoms with Gasteiger partial charge in [-0.25, -0.2) is 0 Å². The zero-order valence-corrected chi connectivity index (χ0v) is 11.5. The van der Waals surface area contributed by atoms with E-state index in [9.17, 15) is 4.79 Å².